The number of hydrogen-bond donors (Lipinski definition) is 2. The highest BCUT2D eigenvalue weighted by Gasteiger charge is 2.29. The Morgan fingerprint density at radius 1 is 1.50 bits per heavy atom. The Labute approximate surface area is 97.2 Å². The zero-order valence-electron chi connectivity index (χ0n) is 10.2. The fourth-order valence-electron chi connectivity index (χ4n) is 2.00. The van der Waals surface area contributed by atoms with Crippen molar-refractivity contribution >= 4 is 5.97 Å². The third kappa shape index (κ3) is 4.10. The fraction of sp³-hybridized carbons (Fsp3) is 0.917. The van der Waals surface area contributed by atoms with Crippen molar-refractivity contribution in [3.05, 3.63) is 0 Å². The Morgan fingerprint density at radius 2 is 2.06 bits per heavy atom. The molecular formula is C12H23NO3. The van der Waals surface area contributed by atoms with E-state index in [4.69, 9.17) is 15.6 Å². The Hall–Kier alpha value is -0.610. The molecule has 0 spiro atoms. The molecule has 0 amide bonds. The van der Waals surface area contributed by atoms with Gasteiger partial charge in [0.25, 0.3) is 0 Å². The van der Waals surface area contributed by atoms with Gasteiger partial charge in [-0.3, -0.25) is 4.79 Å². The van der Waals surface area contributed by atoms with Crippen molar-refractivity contribution in [2.45, 2.75) is 58.1 Å². The third-order valence-corrected chi connectivity index (χ3v) is 3.31. The molecule has 1 atom stereocenters. The summed E-state index contributed by atoms with van der Waals surface area (Å²) in [5.41, 5.74) is 5.93. The minimum absolute atomic E-state index is 0.0188. The second-order valence-corrected chi connectivity index (χ2v) is 5.42. The maximum Gasteiger partial charge on any atom is 0.323 e. The van der Waals surface area contributed by atoms with Gasteiger partial charge in [-0.1, -0.05) is 13.8 Å². The van der Waals surface area contributed by atoms with Crippen LogP contribution in [0.2, 0.25) is 0 Å². The number of rotatable bonds is 4. The monoisotopic (exact) mass is 229 g/mol. The smallest absolute Gasteiger partial charge is 0.323 e. The van der Waals surface area contributed by atoms with Crippen molar-refractivity contribution in [2.24, 2.45) is 11.1 Å². The van der Waals surface area contributed by atoms with Gasteiger partial charge in [-0.25, -0.2) is 0 Å². The van der Waals surface area contributed by atoms with E-state index in [-0.39, 0.29) is 25.1 Å². The molecule has 0 aromatic heterocycles. The molecule has 1 aliphatic rings. The van der Waals surface area contributed by atoms with Crippen LogP contribution in [-0.4, -0.2) is 29.8 Å². The zero-order chi connectivity index (χ0) is 12.2. The topological polar surface area (TPSA) is 72.5 Å². The van der Waals surface area contributed by atoms with E-state index in [0.717, 1.165) is 25.7 Å². The van der Waals surface area contributed by atoms with E-state index < -0.39 is 6.04 Å². The number of aliphatic hydroxyl groups excluding tert-OH is 1. The van der Waals surface area contributed by atoms with Crippen LogP contribution in [0.4, 0.5) is 0 Å². The zero-order valence-corrected chi connectivity index (χ0v) is 10.2. The summed E-state index contributed by atoms with van der Waals surface area (Å²) in [4.78, 5) is 11.5. The van der Waals surface area contributed by atoms with Gasteiger partial charge < -0.3 is 15.6 Å². The molecule has 3 N–H and O–H groups in total. The summed E-state index contributed by atoms with van der Waals surface area (Å²) in [6.07, 6.45) is 4.30. The maximum absolute atomic E-state index is 11.5. The normalized spacial score (nSPS) is 22.8. The van der Waals surface area contributed by atoms with Gasteiger partial charge in [-0.05, 0) is 37.5 Å². The quantitative estimate of drug-likeness (QED) is 0.711. The van der Waals surface area contributed by atoms with Crippen LogP contribution >= 0.6 is 0 Å². The second-order valence-electron chi connectivity index (χ2n) is 5.42. The van der Waals surface area contributed by atoms with Crippen molar-refractivity contribution in [3.63, 3.8) is 0 Å². The van der Waals surface area contributed by atoms with Crippen LogP contribution in [0, 0.1) is 5.41 Å². The number of hydrogen-bond acceptors (Lipinski definition) is 4. The molecule has 1 rings (SSSR count). The Balaban J connectivity index is 2.31. The largest absolute Gasteiger partial charge is 0.461 e. The van der Waals surface area contributed by atoms with Crippen LogP contribution in [0.25, 0.3) is 0 Å². The van der Waals surface area contributed by atoms with Crippen LogP contribution in [-0.2, 0) is 9.53 Å². The van der Waals surface area contributed by atoms with Crippen LogP contribution in [0.5, 0.6) is 0 Å². The standard InChI is InChI=1S/C12H23NO3/c1-12(2)6-3-9(4-7-12)16-11(15)10(13)5-8-14/h9-10,14H,3-8,13H2,1-2H3. The fourth-order valence-corrected chi connectivity index (χ4v) is 2.00. The SMILES string of the molecule is CC1(C)CCC(OC(=O)C(N)CCO)CC1. The molecule has 0 radical (unpaired) electrons. The van der Waals surface area contributed by atoms with E-state index in [1.54, 1.807) is 0 Å². The summed E-state index contributed by atoms with van der Waals surface area (Å²) in [6, 6.07) is -0.681. The third-order valence-electron chi connectivity index (χ3n) is 3.31. The Morgan fingerprint density at radius 3 is 2.56 bits per heavy atom. The van der Waals surface area contributed by atoms with Gasteiger partial charge >= 0.3 is 5.97 Å². The number of ether oxygens (including phenoxy) is 1. The van der Waals surface area contributed by atoms with Crippen LogP contribution in [0.1, 0.15) is 46.0 Å². The van der Waals surface area contributed by atoms with E-state index >= 15 is 0 Å². The Kier molecular flexibility index (Phi) is 4.74. The summed E-state index contributed by atoms with van der Waals surface area (Å²) in [5, 5.41) is 8.67. The average Bonchev–Trinajstić information content (AvgIpc) is 2.21. The lowest BCUT2D eigenvalue weighted by Gasteiger charge is -2.34. The Bertz CT molecular complexity index is 230. The molecule has 1 saturated carbocycles. The van der Waals surface area contributed by atoms with Gasteiger partial charge in [0.1, 0.15) is 12.1 Å². The second kappa shape index (κ2) is 5.64. The molecular weight excluding hydrogens is 206 g/mol. The summed E-state index contributed by atoms with van der Waals surface area (Å²) >= 11 is 0. The van der Waals surface area contributed by atoms with Crippen molar-refractivity contribution in [1.82, 2.24) is 0 Å². The summed E-state index contributed by atoms with van der Waals surface area (Å²) in [7, 11) is 0. The van der Waals surface area contributed by atoms with E-state index in [1.165, 1.54) is 0 Å². The van der Waals surface area contributed by atoms with E-state index in [9.17, 15) is 4.79 Å². The van der Waals surface area contributed by atoms with Crippen LogP contribution in [0.15, 0.2) is 0 Å². The molecule has 0 aromatic rings. The highest BCUT2D eigenvalue weighted by molar-refractivity contribution is 5.75. The number of aliphatic hydroxyl groups is 1. The van der Waals surface area contributed by atoms with Crippen molar-refractivity contribution in [2.75, 3.05) is 6.61 Å². The molecule has 1 aliphatic carbocycles. The van der Waals surface area contributed by atoms with Crippen molar-refractivity contribution in [1.29, 1.82) is 0 Å². The van der Waals surface area contributed by atoms with Crippen LogP contribution in [0.3, 0.4) is 0 Å². The van der Waals surface area contributed by atoms with Gasteiger partial charge in [0.15, 0.2) is 0 Å². The molecule has 94 valence electrons. The minimum Gasteiger partial charge on any atom is -0.461 e. The van der Waals surface area contributed by atoms with Crippen LogP contribution < -0.4 is 5.73 Å². The molecule has 16 heavy (non-hydrogen) atoms. The summed E-state index contributed by atoms with van der Waals surface area (Å²) < 4.78 is 5.32. The first-order chi connectivity index (χ1) is 7.44. The molecule has 4 heteroatoms. The lowest BCUT2D eigenvalue weighted by Crippen LogP contribution is -2.37. The number of esters is 1. The summed E-state index contributed by atoms with van der Waals surface area (Å²) in [5.74, 6) is -0.376. The molecule has 0 saturated heterocycles. The molecule has 0 heterocycles. The lowest BCUT2D eigenvalue weighted by atomic mass is 9.76. The lowest BCUT2D eigenvalue weighted by molar-refractivity contribution is -0.153. The number of nitrogens with two attached hydrogens (primary N) is 1. The van der Waals surface area contributed by atoms with Gasteiger partial charge in [-0.15, -0.1) is 0 Å². The first kappa shape index (κ1) is 13.5. The average molecular weight is 229 g/mol. The molecule has 1 unspecified atom stereocenters. The highest BCUT2D eigenvalue weighted by Crippen LogP contribution is 2.36. The summed E-state index contributed by atoms with van der Waals surface area (Å²) in [6.45, 7) is 4.40. The van der Waals surface area contributed by atoms with Gasteiger partial charge in [-0.2, -0.15) is 0 Å². The maximum atomic E-state index is 11.5. The molecule has 4 nitrogen and oxygen atoms in total. The molecule has 1 fully saturated rings. The number of carbonyl (C=O) groups excluding carboxylic acids is 1. The van der Waals surface area contributed by atoms with Gasteiger partial charge in [0.05, 0.1) is 0 Å². The van der Waals surface area contributed by atoms with E-state index in [2.05, 4.69) is 13.8 Å². The first-order valence-corrected chi connectivity index (χ1v) is 6.01. The van der Waals surface area contributed by atoms with Crippen molar-refractivity contribution in [3.8, 4) is 0 Å². The predicted octanol–water partition coefficient (Wildman–Crippen LogP) is 1.21. The van der Waals surface area contributed by atoms with E-state index in [1.807, 2.05) is 0 Å². The highest BCUT2D eigenvalue weighted by atomic mass is 16.5. The van der Waals surface area contributed by atoms with Gasteiger partial charge in [0.2, 0.25) is 0 Å². The molecule has 0 aromatic carbocycles. The van der Waals surface area contributed by atoms with Gasteiger partial charge in [0, 0.05) is 6.61 Å². The van der Waals surface area contributed by atoms with E-state index in [0.29, 0.717) is 5.41 Å². The first-order valence-electron chi connectivity index (χ1n) is 6.01. The van der Waals surface area contributed by atoms with Crippen molar-refractivity contribution < 1.29 is 14.6 Å². The predicted molar refractivity (Wildman–Crippen MR) is 61.8 cm³/mol. The number of carbonyl (C=O) groups is 1. The minimum atomic E-state index is -0.681. The molecule has 0 bridgehead atoms. The molecule has 0 aliphatic heterocycles.